The van der Waals surface area contributed by atoms with Crippen molar-refractivity contribution in [2.45, 2.75) is 0 Å². The molecule has 0 fully saturated rings. The molecule has 3 aromatic rings. The molecule has 0 spiro atoms. The van der Waals surface area contributed by atoms with Gasteiger partial charge >= 0.3 is 0 Å². The Labute approximate surface area is 116 Å². The topological polar surface area (TPSA) is 17.1 Å². The molecule has 0 unspecified atom stereocenters. The zero-order valence-corrected chi connectivity index (χ0v) is 10.8. The van der Waals surface area contributed by atoms with Crippen LogP contribution in [0.15, 0.2) is 41.8 Å². The summed E-state index contributed by atoms with van der Waals surface area (Å²) in [7, 11) is 0. The summed E-state index contributed by atoms with van der Waals surface area (Å²) < 4.78 is 40.6. The van der Waals surface area contributed by atoms with E-state index in [1.165, 1.54) is 11.3 Å². The standard InChI is InChI=1S/C15H7F3OS/c16-11-6-13(18)12(17)5-9(11)15(19)10-7-20-14-4-2-1-3-8(10)14/h1-7H. The van der Waals surface area contributed by atoms with E-state index in [0.717, 1.165) is 4.70 Å². The molecule has 3 rings (SSSR count). The van der Waals surface area contributed by atoms with Crippen molar-refractivity contribution in [3.8, 4) is 0 Å². The van der Waals surface area contributed by atoms with Crippen LogP contribution in [0.4, 0.5) is 13.2 Å². The van der Waals surface area contributed by atoms with Gasteiger partial charge in [-0.1, -0.05) is 18.2 Å². The number of hydrogen-bond donors (Lipinski definition) is 0. The van der Waals surface area contributed by atoms with Crippen LogP contribution in [0.3, 0.4) is 0 Å². The van der Waals surface area contributed by atoms with Gasteiger partial charge in [0.2, 0.25) is 0 Å². The molecule has 5 heteroatoms. The van der Waals surface area contributed by atoms with Gasteiger partial charge in [0, 0.05) is 27.1 Å². The quantitative estimate of drug-likeness (QED) is 0.500. The first kappa shape index (κ1) is 12.9. The minimum atomic E-state index is -1.31. The van der Waals surface area contributed by atoms with E-state index in [-0.39, 0.29) is 5.56 Å². The van der Waals surface area contributed by atoms with E-state index in [2.05, 4.69) is 0 Å². The maximum absolute atomic E-state index is 13.6. The summed E-state index contributed by atoms with van der Waals surface area (Å²) in [5.74, 6) is -4.27. The first-order valence-corrected chi connectivity index (χ1v) is 6.61. The highest BCUT2D eigenvalue weighted by atomic mass is 32.1. The molecule has 0 atom stereocenters. The van der Waals surface area contributed by atoms with Crippen molar-refractivity contribution in [2.24, 2.45) is 0 Å². The van der Waals surface area contributed by atoms with Crippen LogP contribution in [0.1, 0.15) is 15.9 Å². The van der Waals surface area contributed by atoms with E-state index in [9.17, 15) is 18.0 Å². The molecule has 0 amide bonds. The first-order chi connectivity index (χ1) is 9.58. The van der Waals surface area contributed by atoms with Gasteiger partial charge in [-0.05, 0) is 12.1 Å². The number of fused-ring (bicyclic) bond motifs is 1. The van der Waals surface area contributed by atoms with Crippen LogP contribution in [-0.4, -0.2) is 5.78 Å². The molecule has 1 heterocycles. The number of thiophene rings is 1. The van der Waals surface area contributed by atoms with E-state index in [4.69, 9.17) is 0 Å². The van der Waals surface area contributed by atoms with Crippen LogP contribution < -0.4 is 0 Å². The lowest BCUT2D eigenvalue weighted by molar-refractivity contribution is 0.103. The third-order valence-corrected chi connectivity index (χ3v) is 3.94. The van der Waals surface area contributed by atoms with E-state index in [0.29, 0.717) is 17.5 Å². The predicted octanol–water partition coefficient (Wildman–Crippen LogP) is 4.55. The van der Waals surface area contributed by atoms with Crippen molar-refractivity contribution < 1.29 is 18.0 Å². The summed E-state index contributed by atoms with van der Waals surface area (Å²) in [5, 5.41) is 2.26. The number of halogens is 3. The molecule has 0 aliphatic rings. The molecule has 100 valence electrons. The Hall–Kier alpha value is -2.14. The molecule has 0 aliphatic carbocycles. The number of carbonyl (C=O) groups is 1. The van der Waals surface area contributed by atoms with E-state index >= 15 is 0 Å². The van der Waals surface area contributed by atoms with Crippen LogP contribution in [0.25, 0.3) is 10.1 Å². The second kappa shape index (κ2) is 4.76. The fourth-order valence-electron chi connectivity index (χ4n) is 2.00. The molecule has 0 aliphatic heterocycles. The maximum atomic E-state index is 13.6. The Kier molecular flexibility index (Phi) is 3.06. The monoisotopic (exact) mass is 292 g/mol. The van der Waals surface area contributed by atoms with Gasteiger partial charge in [0.1, 0.15) is 5.82 Å². The van der Waals surface area contributed by atoms with Crippen molar-refractivity contribution in [3.63, 3.8) is 0 Å². The van der Waals surface area contributed by atoms with Crippen LogP contribution in [0.5, 0.6) is 0 Å². The Morgan fingerprint density at radius 3 is 2.40 bits per heavy atom. The normalized spacial score (nSPS) is 10.9. The Balaban J connectivity index is 2.16. The molecular weight excluding hydrogens is 285 g/mol. The average Bonchev–Trinajstić information content (AvgIpc) is 2.86. The third-order valence-electron chi connectivity index (χ3n) is 2.98. The Bertz CT molecular complexity index is 823. The van der Waals surface area contributed by atoms with E-state index in [1.807, 2.05) is 12.1 Å². The van der Waals surface area contributed by atoms with Crippen LogP contribution in [0.2, 0.25) is 0 Å². The number of hydrogen-bond acceptors (Lipinski definition) is 2. The molecule has 0 bridgehead atoms. The Morgan fingerprint density at radius 1 is 0.900 bits per heavy atom. The first-order valence-electron chi connectivity index (χ1n) is 5.73. The highest BCUT2D eigenvalue weighted by molar-refractivity contribution is 7.17. The summed E-state index contributed by atoms with van der Waals surface area (Å²) in [6.07, 6.45) is 0. The molecule has 2 aromatic carbocycles. The summed E-state index contributed by atoms with van der Waals surface area (Å²) in [4.78, 5) is 12.3. The molecule has 20 heavy (non-hydrogen) atoms. The largest absolute Gasteiger partial charge is 0.288 e. The van der Waals surface area contributed by atoms with E-state index in [1.54, 1.807) is 17.5 Å². The Morgan fingerprint density at radius 2 is 1.60 bits per heavy atom. The van der Waals surface area contributed by atoms with Crippen LogP contribution in [0, 0.1) is 17.5 Å². The second-order valence-corrected chi connectivity index (χ2v) is 5.13. The smallest absolute Gasteiger partial charge is 0.197 e. The van der Waals surface area contributed by atoms with Gasteiger partial charge in [0.25, 0.3) is 0 Å². The molecule has 0 radical (unpaired) electrons. The van der Waals surface area contributed by atoms with Crippen molar-refractivity contribution in [1.82, 2.24) is 0 Å². The van der Waals surface area contributed by atoms with Crippen molar-refractivity contribution in [2.75, 3.05) is 0 Å². The SMILES string of the molecule is O=C(c1cc(F)c(F)cc1F)c1csc2ccccc12. The van der Waals surface area contributed by atoms with Gasteiger partial charge in [-0.15, -0.1) is 11.3 Å². The van der Waals surface area contributed by atoms with Crippen molar-refractivity contribution >= 4 is 27.2 Å². The van der Waals surface area contributed by atoms with Crippen molar-refractivity contribution in [1.29, 1.82) is 0 Å². The average molecular weight is 292 g/mol. The predicted molar refractivity (Wildman–Crippen MR) is 71.6 cm³/mol. The highest BCUT2D eigenvalue weighted by Gasteiger charge is 2.20. The van der Waals surface area contributed by atoms with E-state index < -0.39 is 28.8 Å². The van der Waals surface area contributed by atoms with Gasteiger partial charge in [-0.2, -0.15) is 0 Å². The maximum Gasteiger partial charge on any atom is 0.197 e. The second-order valence-electron chi connectivity index (χ2n) is 4.22. The number of rotatable bonds is 2. The van der Waals surface area contributed by atoms with Crippen molar-refractivity contribution in [3.05, 3.63) is 70.4 Å². The summed E-state index contributed by atoms with van der Waals surface area (Å²) in [6, 6.07) is 8.13. The van der Waals surface area contributed by atoms with Gasteiger partial charge in [-0.3, -0.25) is 4.79 Å². The molecule has 0 saturated heterocycles. The molecule has 1 nitrogen and oxygen atoms in total. The summed E-state index contributed by atoms with van der Waals surface area (Å²) in [6.45, 7) is 0. The number of ketones is 1. The zero-order valence-electron chi connectivity index (χ0n) is 9.99. The lowest BCUT2D eigenvalue weighted by atomic mass is 10.0. The third kappa shape index (κ3) is 2.00. The highest BCUT2D eigenvalue weighted by Crippen LogP contribution is 2.28. The lowest BCUT2D eigenvalue weighted by Crippen LogP contribution is -2.05. The van der Waals surface area contributed by atoms with Crippen LogP contribution >= 0.6 is 11.3 Å². The number of carbonyl (C=O) groups excluding carboxylic acids is 1. The van der Waals surface area contributed by atoms with Gasteiger partial charge in [-0.25, -0.2) is 13.2 Å². The molecule has 1 aromatic heterocycles. The van der Waals surface area contributed by atoms with Gasteiger partial charge in [0.15, 0.2) is 17.4 Å². The number of benzene rings is 2. The van der Waals surface area contributed by atoms with Gasteiger partial charge in [0.05, 0.1) is 5.56 Å². The summed E-state index contributed by atoms with van der Waals surface area (Å²) >= 11 is 1.34. The fourth-order valence-corrected chi connectivity index (χ4v) is 2.94. The minimum absolute atomic E-state index is 0.288. The van der Waals surface area contributed by atoms with Gasteiger partial charge < -0.3 is 0 Å². The molecule has 0 saturated carbocycles. The molecular formula is C15H7F3OS. The lowest BCUT2D eigenvalue weighted by Gasteiger charge is -2.03. The minimum Gasteiger partial charge on any atom is -0.288 e. The molecule has 0 N–H and O–H groups in total. The van der Waals surface area contributed by atoms with Crippen LogP contribution in [-0.2, 0) is 0 Å². The fraction of sp³-hybridized carbons (Fsp3) is 0. The summed E-state index contributed by atoms with van der Waals surface area (Å²) in [5.41, 5.74) is -0.178. The zero-order chi connectivity index (χ0) is 14.3.